The summed E-state index contributed by atoms with van der Waals surface area (Å²) >= 11 is 1.50. The third kappa shape index (κ3) is 4.48. The van der Waals surface area contributed by atoms with Crippen LogP contribution in [0.15, 0.2) is 48.2 Å². The molecule has 1 saturated heterocycles. The van der Waals surface area contributed by atoms with Gasteiger partial charge in [-0.2, -0.15) is 0 Å². The van der Waals surface area contributed by atoms with Gasteiger partial charge in [0.2, 0.25) is 11.8 Å². The van der Waals surface area contributed by atoms with Crippen LogP contribution in [0.2, 0.25) is 0 Å². The normalized spacial score (nSPS) is 13.8. The zero-order valence-electron chi connectivity index (χ0n) is 16.0. The van der Waals surface area contributed by atoms with Gasteiger partial charge in [-0.3, -0.25) is 19.6 Å². The van der Waals surface area contributed by atoms with E-state index in [1.165, 1.54) is 11.3 Å². The molecule has 0 aliphatic carbocycles. The lowest BCUT2D eigenvalue weighted by molar-refractivity contribution is -0.142. The number of amides is 2. The lowest BCUT2D eigenvalue weighted by Crippen LogP contribution is -2.56. The van der Waals surface area contributed by atoms with Gasteiger partial charge in [0, 0.05) is 42.6 Å². The van der Waals surface area contributed by atoms with Gasteiger partial charge >= 0.3 is 0 Å². The second-order valence-corrected chi connectivity index (χ2v) is 7.90. The lowest BCUT2D eigenvalue weighted by Gasteiger charge is -2.38. The Bertz CT molecular complexity index is 1010. The van der Waals surface area contributed by atoms with Gasteiger partial charge in [0.1, 0.15) is 5.01 Å². The van der Waals surface area contributed by atoms with Crippen molar-refractivity contribution in [3.63, 3.8) is 0 Å². The molecule has 3 aromatic rings. The fourth-order valence-corrected chi connectivity index (χ4v) is 3.95. The molecule has 29 heavy (non-hydrogen) atoms. The number of nitrogens with zero attached hydrogens (tertiary/aromatic N) is 4. The van der Waals surface area contributed by atoms with E-state index in [2.05, 4.69) is 20.3 Å². The number of aryl methyl sites for hydroxylation is 1. The van der Waals surface area contributed by atoms with E-state index in [1.807, 2.05) is 36.6 Å². The number of hydrogen-bond acceptors (Lipinski definition) is 6. The minimum absolute atomic E-state index is 0.00217. The molecule has 0 radical (unpaired) electrons. The number of carbonyl (C=O) groups excluding carboxylic acids is 2. The number of rotatable bonds is 6. The smallest absolute Gasteiger partial charge is 0.228 e. The third-order valence-corrected chi connectivity index (χ3v) is 5.89. The Balaban J connectivity index is 1.24. The van der Waals surface area contributed by atoms with Gasteiger partial charge in [0.05, 0.1) is 30.3 Å². The lowest BCUT2D eigenvalue weighted by atomic mass is 9.98. The van der Waals surface area contributed by atoms with Crippen LogP contribution in [0.25, 0.3) is 10.6 Å². The first-order valence-corrected chi connectivity index (χ1v) is 10.3. The molecular formula is C21H21N5O2S. The van der Waals surface area contributed by atoms with E-state index in [9.17, 15) is 9.59 Å². The summed E-state index contributed by atoms with van der Waals surface area (Å²) in [7, 11) is 0. The maximum absolute atomic E-state index is 12.5. The highest BCUT2D eigenvalue weighted by atomic mass is 32.1. The second kappa shape index (κ2) is 8.48. The molecular weight excluding hydrogens is 386 g/mol. The van der Waals surface area contributed by atoms with Crippen molar-refractivity contribution in [2.75, 3.05) is 13.1 Å². The minimum atomic E-state index is -0.163. The van der Waals surface area contributed by atoms with Crippen molar-refractivity contribution in [1.29, 1.82) is 0 Å². The molecule has 148 valence electrons. The summed E-state index contributed by atoms with van der Waals surface area (Å²) in [6.45, 7) is 3.28. The predicted octanol–water partition coefficient (Wildman–Crippen LogP) is 2.23. The van der Waals surface area contributed by atoms with Crippen LogP contribution in [0.5, 0.6) is 0 Å². The monoisotopic (exact) mass is 407 g/mol. The van der Waals surface area contributed by atoms with E-state index in [-0.39, 0.29) is 24.2 Å². The van der Waals surface area contributed by atoms with Crippen LogP contribution in [0, 0.1) is 12.8 Å². The summed E-state index contributed by atoms with van der Waals surface area (Å²) in [5.41, 5.74) is 3.60. The number of thiazole rings is 1. The molecule has 0 spiro atoms. The maximum Gasteiger partial charge on any atom is 0.228 e. The molecule has 1 aliphatic rings. The number of nitrogens with one attached hydrogen (secondary N) is 1. The number of pyridine rings is 2. The maximum atomic E-state index is 12.5. The molecule has 4 heterocycles. The predicted molar refractivity (Wildman–Crippen MR) is 110 cm³/mol. The van der Waals surface area contributed by atoms with Gasteiger partial charge in [0.25, 0.3) is 0 Å². The van der Waals surface area contributed by atoms with Crippen molar-refractivity contribution >= 4 is 23.2 Å². The molecule has 1 aliphatic heterocycles. The Hall–Kier alpha value is -3.13. The van der Waals surface area contributed by atoms with Gasteiger partial charge in [-0.05, 0) is 30.7 Å². The standard InChI is InChI=1S/C21H21N5O2S/c1-14-4-2-7-23-18(14)10-24-20(28)16-11-26(12-16)19(27)8-17-13-29-21(25-17)15-5-3-6-22-9-15/h2-7,9,13,16H,8,10-12H2,1H3,(H,24,28). The van der Waals surface area contributed by atoms with Crippen molar-refractivity contribution in [2.45, 2.75) is 19.9 Å². The molecule has 0 atom stereocenters. The quantitative estimate of drug-likeness (QED) is 0.677. The van der Waals surface area contributed by atoms with Crippen LogP contribution in [0.3, 0.4) is 0 Å². The van der Waals surface area contributed by atoms with E-state index in [4.69, 9.17) is 0 Å². The summed E-state index contributed by atoms with van der Waals surface area (Å²) in [6.07, 6.45) is 5.44. The van der Waals surface area contributed by atoms with Crippen LogP contribution in [-0.4, -0.2) is 44.8 Å². The molecule has 0 aromatic carbocycles. The number of carbonyl (C=O) groups is 2. The molecule has 3 aromatic heterocycles. The van der Waals surface area contributed by atoms with Gasteiger partial charge < -0.3 is 10.2 Å². The second-order valence-electron chi connectivity index (χ2n) is 7.04. The molecule has 0 unspecified atom stereocenters. The van der Waals surface area contributed by atoms with Crippen molar-refractivity contribution in [3.05, 3.63) is 65.2 Å². The summed E-state index contributed by atoms with van der Waals surface area (Å²) in [5.74, 6) is -0.200. The molecule has 1 fully saturated rings. The largest absolute Gasteiger partial charge is 0.350 e. The van der Waals surface area contributed by atoms with Gasteiger partial charge in [-0.1, -0.05) is 6.07 Å². The summed E-state index contributed by atoms with van der Waals surface area (Å²) in [4.78, 5) is 39.4. The zero-order valence-corrected chi connectivity index (χ0v) is 16.9. The van der Waals surface area contributed by atoms with Gasteiger partial charge in [-0.25, -0.2) is 4.98 Å². The molecule has 0 bridgehead atoms. The third-order valence-electron chi connectivity index (χ3n) is 4.95. The van der Waals surface area contributed by atoms with Crippen LogP contribution < -0.4 is 5.32 Å². The summed E-state index contributed by atoms with van der Waals surface area (Å²) < 4.78 is 0. The minimum Gasteiger partial charge on any atom is -0.350 e. The van der Waals surface area contributed by atoms with E-state index in [1.54, 1.807) is 23.5 Å². The number of hydrogen-bond donors (Lipinski definition) is 1. The molecule has 0 saturated carbocycles. The average molecular weight is 407 g/mol. The van der Waals surface area contributed by atoms with Crippen LogP contribution >= 0.6 is 11.3 Å². The van der Waals surface area contributed by atoms with Crippen LogP contribution in [0.1, 0.15) is 17.0 Å². The Kier molecular flexibility index (Phi) is 5.62. The first kappa shape index (κ1) is 19.2. The Morgan fingerprint density at radius 1 is 1.24 bits per heavy atom. The van der Waals surface area contributed by atoms with Gasteiger partial charge in [-0.15, -0.1) is 11.3 Å². The van der Waals surface area contributed by atoms with Gasteiger partial charge in [0.15, 0.2) is 0 Å². The molecule has 4 rings (SSSR count). The van der Waals surface area contributed by atoms with Crippen LogP contribution in [-0.2, 0) is 22.6 Å². The fourth-order valence-electron chi connectivity index (χ4n) is 3.14. The zero-order chi connectivity index (χ0) is 20.2. The first-order chi connectivity index (χ1) is 14.1. The molecule has 7 nitrogen and oxygen atoms in total. The van der Waals surface area contributed by atoms with Crippen molar-refractivity contribution in [2.24, 2.45) is 5.92 Å². The highest BCUT2D eigenvalue weighted by molar-refractivity contribution is 7.13. The topological polar surface area (TPSA) is 88.1 Å². The van der Waals surface area contributed by atoms with Crippen LogP contribution in [0.4, 0.5) is 0 Å². The summed E-state index contributed by atoms with van der Waals surface area (Å²) in [5, 5.41) is 5.67. The first-order valence-electron chi connectivity index (χ1n) is 9.41. The average Bonchev–Trinajstić information content (AvgIpc) is 3.15. The number of aromatic nitrogens is 3. The number of likely N-dealkylation sites (tertiary alicyclic amines) is 1. The van der Waals surface area contributed by atoms with Crippen molar-refractivity contribution < 1.29 is 9.59 Å². The highest BCUT2D eigenvalue weighted by Gasteiger charge is 2.35. The molecule has 8 heteroatoms. The Labute approximate surface area is 172 Å². The van der Waals surface area contributed by atoms with E-state index in [0.717, 1.165) is 27.5 Å². The van der Waals surface area contributed by atoms with E-state index in [0.29, 0.717) is 19.6 Å². The highest BCUT2D eigenvalue weighted by Crippen LogP contribution is 2.24. The van der Waals surface area contributed by atoms with E-state index < -0.39 is 0 Å². The summed E-state index contributed by atoms with van der Waals surface area (Å²) in [6, 6.07) is 7.65. The molecule has 2 amide bonds. The SMILES string of the molecule is Cc1cccnc1CNC(=O)C1CN(C(=O)Cc2csc(-c3cccnc3)n2)C1. The van der Waals surface area contributed by atoms with Crippen molar-refractivity contribution in [3.8, 4) is 10.6 Å². The van der Waals surface area contributed by atoms with Crippen molar-refractivity contribution in [1.82, 2.24) is 25.2 Å². The Morgan fingerprint density at radius 2 is 2.07 bits per heavy atom. The Morgan fingerprint density at radius 3 is 2.83 bits per heavy atom. The molecule has 1 N–H and O–H groups in total. The fraction of sp³-hybridized carbons (Fsp3) is 0.286. The van der Waals surface area contributed by atoms with E-state index >= 15 is 0 Å².